The van der Waals surface area contributed by atoms with E-state index >= 15 is 0 Å². The second kappa shape index (κ2) is 7.07. The Bertz CT molecular complexity index is 954. The number of aromatic nitrogens is 3. The van der Waals surface area contributed by atoms with E-state index in [1.165, 1.54) is 6.07 Å². The van der Waals surface area contributed by atoms with Crippen LogP contribution in [0, 0.1) is 0 Å². The van der Waals surface area contributed by atoms with Crippen LogP contribution in [-0.4, -0.2) is 28.0 Å². The molecule has 0 bridgehead atoms. The van der Waals surface area contributed by atoms with Crippen LogP contribution in [0.4, 0.5) is 0 Å². The number of benzene rings is 1. The highest BCUT2D eigenvalue weighted by molar-refractivity contribution is 6.30. The van der Waals surface area contributed by atoms with Crippen LogP contribution in [0.5, 0.6) is 0 Å². The van der Waals surface area contributed by atoms with Gasteiger partial charge in [0, 0.05) is 30.8 Å². The minimum absolute atomic E-state index is 0.167. The number of fused-ring (bicyclic) bond motifs is 1. The molecule has 0 saturated heterocycles. The van der Waals surface area contributed by atoms with Crippen molar-refractivity contribution in [1.29, 1.82) is 0 Å². The molecule has 24 heavy (non-hydrogen) atoms. The highest BCUT2D eigenvalue weighted by Crippen LogP contribution is 2.25. The SMILES string of the molecule is CCOCCCn1c(-c2ccc(Cl)cc2)c2c(=O)[nH][nH]c2cc1=O. The minimum Gasteiger partial charge on any atom is -0.382 e. The molecule has 2 heterocycles. The van der Waals surface area contributed by atoms with Crippen LogP contribution in [-0.2, 0) is 11.3 Å². The first-order valence-corrected chi connectivity index (χ1v) is 8.17. The molecule has 0 saturated carbocycles. The third kappa shape index (κ3) is 3.16. The molecule has 0 amide bonds. The zero-order chi connectivity index (χ0) is 17.1. The van der Waals surface area contributed by atoms with Crippen molar-refractivity contribution >= 4 is 22.5 Å². The molecular weight excluding hydrogens is 330 g/mol. The number of H-pyrrole nitrogens is 2. The van der Waals surface area contributed by atoms with Gasteiger partial charge in [-0.05, 0) is 31.0 Å². The molecule has 7 heteroatoms. The van der Waals surface area contributed by atoms with E-state index in [9.17, 15) is 9.59 Å². The van der Waals surface area contributed by atoms with Crippen LogP contribution < -0.4 is 11.1 Å². The van der Waals surface area contributed by atoms with Gasteiger partial charge in [-0.15, -0.1) is 0 Å². The van der Waals surface area contributed by atoms with E-state index in [0.29, 0.717) is 47.8 Å². The fraction of sp³-hybridized carbons (Fsp3) is 0.294. The molecule has 0 unspecified atom stereocenters. The summed E-state index contributed by atoms with van der Waals surface area (Å²) in [7, 11) is 0. The molecule has 2 N–H and O–H groups in total. The van der Waals surface area contributed by atoms with Gasteiger partial charge in [-0.1, -0.05) is 23.7 Å². The lowest BCUT2D eigenvalue weighted by Gasteiger charge is -2.14. The van der Waals surface area contributed by atoms with E-state index < -0.39 is 0 Å². The van der Waals surface area contributed by atoms with Crippen LogP contribution in [0.25, 0.3) is 22.2 Å². The normalized spacial score (nSPS) is 11.2. The summed E-state index contributed by atoms with van der Waals surface area (Å²) >= 11 is 5.96. The van der Waals surface area contributed by atoms with E-state index in [0.717, 1.165) is 5.56 Å². The Labute approximate surface area is 143 Å². The maximum atomic E-state index is 12.5. The Hall–Kier alpha value is -2.31. The third-order valence-electron chi connectivity index (χ3n) is 3.84. The molecule has 0 fully saturated rings. The minimum atomic E-state index is -0.256. The molecule has 0 aliphatic rings. The summed E-state index contributed by atoms with van der Waals surface area (Å²) < 4.78 is 6.96. The van der Waals surface area contributed by atoms with E-state index in [4.69, 9.17) is 16.3 Å². The number of ether oxygens (including phenoxy) is 1. The fourth-order valence-electron chi connectivity index (χ4n) is 2.76. The molecule has 0 aliphatic heterocycles. The molecular formula is C17H18ClN3O3. The van der Waals surface area contributed by atoms with Crippen molar-refractivity contribution in [2.75, 3.05) is 13.2 Å². The molecule has 0 atom stereocenters. The van der Waals surface area contributed by atoms with Gasteiger partial charge in [0.05, 0.1) is 16.6 Å². The molecule has 0 aliphatic carbocycles. The molecule has 1 aromatic carbocycles. The van der Waals surface area contributed by atoms with Crippen LogP contribution >= 0.6 is 11.6 Å². The largest absolute Gasteiger partial charge is 0.382 e. The molecule has 3 aromatic rings. The Morgan fingerprint density at radius 3 is 2.62 bits per heavy atom. The highest BCUT2D eigenvalue weighted by atomic mass is 35.5. The first-order chi connectivity index (χ1) is 11.6. The van der Waals surface area contributed by atoms with Gasteiger partial charge in [-0.2, -0.15) is 0 Å². The summed E-state index contributed by atoms with van der Waals surface area (Å²) in [5, 5.41) is 6.36. The van der Waals surface area contributed by atoms with E-state index in [1.54, 1.807) is 16.7 Å². The molecule has 2 aromatic heterocycles. The number of hydrogen-bond donors (Lipinski definition) is 2. The van der Waals surface area contributed by atoms with Gasteiger partial charge in [0.1, 0.15) is 0 Å². The van der Waals surface area contributed by atoms with Crippen molar-refractivity contribution in [1.82, 2.24) is 14.8 Å². The summed E-state index contributed by atoms with van der Waals surface area (Å²) in [5.74, 6) is 0. The predicted molar refractivity (Wildman–Crippen MR) is 94.7 cm³/mol. The maximum Gasteiger partial charge on any atom is 0.273 e. The van der Waals surface area contributed by atoms with Crippen molar-refractivity contribution in [3.8, 4) is 11.3 Å². The zero-order valence-corrected chi connectivity index (χ0v) is 14.0. The lowest BCUT2D eigenvalue weighted by atomic mass is 10.1. The first-order valence-electron chi connectivity index (χ1n) is 7.79. The fourth-order valence-corrected chi connectivity index (χ4v) is 2.89. The molecule has 0 radical (unpaired) electrons. The molecule has 0 spiro atoms. The highest BCUT2D eigenvalue weighted by Gasteiger charge is 2.16. The standard InChI is InChI=1S/C17H18ClN3O3/c1-2-24-9-3-8-21-14(22)10-13-15(17(23)20-19-13)16(21)11-4-6-12(18)7-5-11/h4-7,10,19H,2-3,8-9H2,1H3,(H,20,23). The number of aromatic amines is 2. The number of nitrogens with one attached hydrogen (secondary N) is 2. The monoisotopic (exact) mass is 347 g/mol. The van der Waals surface area contributed by atoms with Gasteiger partial charge in [0.15, 0.2) is 0 Å². The summed E-state index contributed by atoms with van der Waals surface area (Å²) in [5.41, 5.74) is 1.43. The number of hydrogen-bond acceptors (Lipinski definition) is 3. The van der Waals surface area contributed by atoms with Gasteiger partial charge in [-0.3, -0.25) is 19.8 Å². The maximum absolute atomic E-state index is 12.5. The zero-order valence-electron chi connectivity index (χ0n) is 13.3. The van der Waals surface area contributed by atoms with Crippen LogP contribution in [0.15, 0.2) is 39.9 Å². The second-order valence-electron chi connectivity index (χ2n) is 5.41. The third-order valence-corrected chi connectivity index (χ3v) is 4.09. The van der Waals surface area contributed by atoms with Crippen molar-refractivity contribution in [3.05, 3.63) is 56.1 Å². The van der Waals surface area contributed by atoms with Gasteiger partial charge < -0.3 is 9.30 Å². The van der Waals surface area contributed by atoms with E-state index in [1.807, 2.05) is 19.1 Å². The quantitative estimate of drug-likeness (QED) is 0.673. The smallest absolute Gasteiger partial charge is 0.273 e. The predicted octanol–water partition coefficient (Wildman–Crippen LogP) is 2.76. The Balaban J connectivity index is 2.17. The molecule has 6 nitrogen and oxygen atoms in total. The Morgan fingerprint density at radius 1 is 1.17 bits per heavy atom. The summed E-state index contributed by atoms with van der Waals surface area (Å²) in [6.07, 6.45) is 0.683. The summed E-state index contributed by atoms with van der Waals surface area (Å²) in [4.78, 5) is 24.8. The lowest BCUT2D eigenvalue weighted by Crippen LogP contribution is -2.23. The van der Waals surface area contributed by atoms with Crippen LogP contribution in [0.3, 0.4) is 0 Å². The van der Waals surface area contributed by atoms with Crippen molar-refractivity contribution in [2.24, 2.45) is 0 Å². The average Bonchev–Trinajstić information content (AvgIpc) is 2.93. The summed E-state index contributed by atoms with van der Waals surface area (Å²) in [6, 6.07) is 8.54. The van der Waals surface area contributed by atoms with E-state index in [2.05, 4.69) is 10.2 Å². The van der Waals surface area contributed by atoms with Crippen molar-refractivity contribution in [2.45, 2.75) is 19.9 Å². The lowest BCUT2D eigenvalue weighted by molar-refractivity contribution is 0.141. The van der Waals surface area contributed by atoms with Crippen molar-refractivity contribution < 1.29 is 4.74 Å². The van der Waals surface area contributed by atoms with Gasteiger partial charge in [0.25, 0.3) is 11.1 Å². The first kappa shape index (κ1) is 16.5. The van der Waals surface area contributed by atoms with Gasteiger partial charge in [-0.25, -0.2) is 0 Å². The summed E-state index contributed by atoms with van der Waals surface area (Å²) in [6.45, 7) is 3.59. The Kier molecular flexibility index (Phi) is 4.87. The molecule has 3 rings (SSSR count). The topological polar surface area (TPSA) is 79.9 Å². The number of rotatable bonds is 6. The van der Waals surface area contributed by atoms with Gasteiger partial charge >= 0.3 is 0 Å². The number of pyridine rings is 1. The van der Waals surface area contributed by atoms with Crippen molar-refractivity contribution in [3.63, 3.8) is 0 Å². The number of nitrogens with zero attached hydrogens (tertiary/aromatic N) is 1. The Morgan fingerprint density at radius 2 is 1.92 bits per heavy atom. The van der Waals surface area contributed by atoms with E-state index in [-0.39, 0.29) is 11.1 Å². The van der Waals surface area contributed by atoms with Crippen LogP contribution in [0.2, 0.25) is 5.02 Å². The average molecular weight is 348 g/mol. The second-order valence-corrected chi connectivity index (χ2v) is 5.84. The van der Waals surface area contributed by atoms with Gasteiger partial charge in [0.2, 0.25) is 0 Å². The number of halogens is 1. The molecule has 126 valence electrons. The van der Waals surface area contributed by atoms with Crippen LogP contribution in [0.1, 0.15) is 13.3 Å².